The number of nitrogens with zero attached hydrogens (tertiary/aromatic N) is 3. The molecule has 0 saturated carbocycles. The van der Waals surface area contributed by atoms with Crippen molar-refractivity contribution < 1.29 is 9.53 Å². The van der Waals surface area contributed by atoms with Crippen LogP contribution in [0.5, 0.6) is 5.75 Å². The van der Waals surface area contributed by atoms with Crippen LogP contribution < -0.4 is 9.64 Å². The molecule has 1 aromatic heterocycles. The summed E-state index contributed by atoms with van der Waals surface area (Å²) in [6, 6.07) is 17.6. The van der Waals surface area contributed by atoms with Crippen molar-refractivity contribution >= 4 is 11.6 Å². The van der Waals surface area contributed by atoms with Crippen molar-refractivity contribution in [3.05, 3.63) is 77.1 Å². The Labute approximate surface area is 160 Å². The van der Waals surface area contributed by atoms with Crippen LogP contribution in [0.25, 0.3) is 0 Å². The van der Waals surface area contributed by atoms with Gasteiger partial charge in [-0.3, -0.25) is 9.48 Å². The first-order chi connectivity index (χ1) is 13.0. The lowest BCUT2D eigenvalue weighted by Crippen LogP contribution is -2.32. The van der Waals surface area contributed by atoms with Gasteiger partial charge in [-0.25, -0.2) is 0 Å². The maximum Gasteiger partial charge on any atom is 0.231 e. The minimum Gasteiger partial charge on any atom is -0.497 e. The zero-order valence-corrected chi connectivity index (χ0v) is 16.3. The number of rotatable bonds is 6. The summed E-state index contributed by atoms with van der Waals surface area (Å²) in [5.74, 6) is 0.813. The number of methoxy groups -OCH3 is 1. The fourth-order valence-corrected chi connectivity index (χ4v) is 3.17. The number of carbonyl (C=O) groups excluding carboxylic acids is 1. The van der Waals surface area contributed by atoms with Crippen LogP contribution in [-0.2, 0) is 24.8 Å². The molecule has 2 aromatic carbocycles. The third-order valence-corrected chi connectivity index (χ3v) is 4.86. The molecule has 0 radical (unpaired) electrons. The van der Waals surface area contributed by atoms with Gasteiger partial charge in [0.15, 0.2) is 0 Å². The molecule has 3 aromatic rings. The van der Waals surface area contributed by atoms with Crippen LogP contribution in [-0.4, -0.2) is 22.8 Å². The molecule has 5 heteroatoms. The first-order valence-electron chi connectivity index (χ1n) is 8.97. The fourth-order valence-electron chi connectivity index (χ4n) is 3.17. The normalized spacial score (nSPS) is 10.7. The van der Waals surface area contributed by atoms with E-state index in [1.54, 1.807) is 7.11 Å². The van der Waals surface area contributed by atoms with Crippen molar-refractivity contribution in [3.63, 3.8) is 0 Å². The molecule has 5 nitrogen and oxygen atoms in total. The third kappa shape index (κ3) is 4.19. The van der Waals surface area contributed by atoms with Crippen molar-refractivity contribution in [3.8, 4) is 5.75 Å². The van der Waals surface area contributed by atoms with Crippen molar-refractivity contribution in [2.75, 3.05) is 12.0 Å². The van der Waals surface area contributed by atoms with E-state index in [2.05, 4.69) is 5.10 Å². The van der Waals surface area contributed by atoms with Gasteiger partial charge in [-0.1, -0.05) is 30.3 Å². The Morgan fingerprint density at radius 2 is 1.74 bits per heavy atom. The molecule has 0 aliphatic heterocycles. The Morgan fingerprint density at radius 3 is 2.30 bits per heavy atom. The number of aryl methyl sites for hydroxylation is 2. The highest BCUT2D eigenvalue weighted by Crippen LogP contribution is 2.23. The molecule has 0 aliphatic rings. The molecule has 140 valence electrons. The van der Waals surface area contributed by atoms with Crippen LogP contribution in [0.15, 0.2) is 54.6 Å². The van der Waals surface area contributed by atoms with Crippen molar-refractivity contribution in [1.82, 2.24) is 9.78 Å². The molecular weight excluding hydrogens is 338 g/mol. The molecule has 1 amide bonds. The topological polar surface area (TPSA) is 47.4 Å². The summed E-state index contributed by atoms with van der Waals surface area (Å²) in [5, 5.41) is 4.43. The average Bonchev–Trinajstić information content (AvgIpc) is 2.93. The van der Waals surface area contributed by atoms with Gasteiger partial charge < -0.3 is 9.64 Å². The molecule has 0 bridgehead atoms. The van der Waals surface area contributed by atoms with Gasteiger partial charge in [0.1, 0.15) is 5.75 Å². The highest BCUT2D eigenvalue weighted by Gasteiger charge is 2.20. The SMILES string of the molecule is COc1ccc(N(Cc2ccccc2)C(=O)Cc2c(C)nn(C)c2C)cc1. The highest BCUT2D eigenvalue weighted by molar-refractivity contribution is 5.95. The zero-order chi connectivity index (χ0) is 19.4. The monoisotopic (exact) mass is 363 g/mol. The lowest BCUT2D eigenvalue weighted by Gasteiger charge is -2.23. The molecule has 0 fully saturated rings. The van der Waals surface area contributed by atoms with Gasteiger partial charge in [0.05, 0.1) is 25.8 Å². The summed E-state index contributed by atoms with van der Waals surface area (Å²) in [4.78, 5) is 15.1. The molecule has 0 atom stereocenters. The van der Waals surface area contributed by atoms with Gasteiger partial charge in [-0.05, 0) is 43.7 Å². The lowest BCUT2D eigenvalue weighted by molar-refractivity contribution is -0.118. The second-order valence-electron chi connectivity index (χ2n) is 6.61. The second kappa shape index (κ2) is 8.08. The Bertz CT molecular complexity index is 915. The molecule has 0 saturated heterocycles. The molecule has 0 unspecified atom stereocenters. The highest BCUT2D eigenvalue weighted by atomic mass is 16.5. The number of carbonyl (C=O) groups is 1. The van der Waals surface area contributed by atoms with E-state index >= 15 is 0 Å². The van der Waals surface area contributed by atoms with E-state index in [4.69, 9.17) is 4.74 Å². The standard InChI is InChI=1S/C22H25N3O2/c1-16-21(17(2)24(3)23-16)14-22(26)25(15-18-8-6-5-7-9-18)19-10-12-20(27-4)13-11-19/h5-13H,14-15H2,1-4H3. The Morgan fingerprint density at radius 1 is 1.07 bits per heavy atom. The summed E-state index contributed by atoms with van der Waals surface area (Å²) in [6.45, 7) is 4.46. The van der Waals surface area contributed by atoms with Gasteiger partial charge in [-0.15, -0.1) is 0 Å². The quantitative estimate of drug-likeness (QED) is 0.669. The summed E-state index contributed by atoms with van der Waals surface area (Å²) in [7, 11) is 3.54. The van der Waals surface area contributed by atoms with Gasteiger partial charge in [0, 0.05) is 24.0 Å². The van der Waals surface area contributed by atoms with E-state index in [1.807, 2.05) is 85.1 Å². The molecule has 0 spiro atoms. The maximum absolute atomic E-state index is 13.2. The number of ether oxygens (including phenoxy) is 1. The predicted octanol–water partition coefficient (Wildman–Crippen LogP) is 3.82. The fraction of sp³-hybridized carbons (Fsp3) is 0.273. The van der Waals surface area contributed by atoms with Crippen LogP contribution in [0, 0.1) is 13.8 Å². The van der Waals surface area contributed by atoms with Crippen molar-refractivity contribution in [2.24, 2.45) is 7.05 Å². The lowest BCUT2D eigenvalue weighted by atomic mass is 10.1. The minimum absolute atomic E-state index is 0.0446. The van der Waals surface area contributed by atoms with E-state index in [9.17, 15) is 4.79 Å². The van der Waals surface area contributed by atoms with Crippen LogP contribution in [0.2, 0.25) is 0 Å². The molecule has 0 aliphatic carbocycles. The van der Waals surface area contributed by atoms with Gasteiger partial charge in [0.25, 0.3) is 0 Å². The summed E-state index contributed by atoms with van der Waals surface area (Å²) >= 11 is 0. The van der Waals surface area contributed by atoms with E-state index in [0.717, 1.165) is 34.0 Å². The molecule has 0 N–H and O–H groups in total. The maximum atomic E-state index is 13.2. The number of anilines is 1. The number of amides is 1. The molecular formula is C22H25N3O2. The second-order valence-corrected chi connectivity index (χ2v) is 6.61. The number of benzene rings is 2. The summed E-state index contributed by atoms with van der Waals surface area (Å²) < 4.78 is 7.07. The van der Waals surface area contributed by atoms with Crippen LogP contribution in [0.1, 0.15) is 22.5 Å². The van der Waals surface area contributed by atoms with E-state index in [1.165, 1.54) is 0 Å². The zero-order valence-electron chi connectivity index (χ0n) is 16.3. The van der Waals surface area contributed by atoms with Crippen molar-refractivity contribution in [2.45, 2.75) is 26.8 Å². The van der Waals surface area contributed by atoms with E-state index in [0.29, 0.717) is 13.0 Å². The summed E-state index contributed by atoms with van der Waals surface area (Å²) in [6.07, 6.45) is 0.324. The third-order valence-electron chi connectivity index (χ3n) is 4.86. The average molecular weight is 363 g/mol. The Hall–Kier alpha value is -3.08. The van der Waals surface area contributed by atoms with Crippen LogP contribution >= 0.6 is 0 Å². The molecule has 27 heavy (non-hydrogen) atoms. The van der Waals surface area contributed by atoms with Gasteiger partial charge in [0.2, 0.25) is 5.91 Å². The largest absolute Gasteiger partial charge is 0.497 e. The van der Waals surface area contributed by atoms with Gasteiger partial charge >= 0.3 is 0 Å². The predicted molar refractivity (Wildman–Crippen MR) is 107 cm³/mol. The smallest absolute Gasteiger partial charge is 0.231 e. The van der Waals surface area contributed by atoms with E-state index in [-0.39, 0.29) is 5.91 Å². The van der Waals surface area contributed by atoms with E-state index < -0.39 is 0 Å². The Balaban J connectivity index is 1.91. The van der Waals surface area contributed by atoms with Gasteiger partial charge in [-0.2, -0.15) is 5.10 Å². The number of hydrogen-bond acceptors (Lipinski definition) is 3. The number of hydrogen-bond donors (Lipinski definition) is 0. The first-order valence-corrected chi connectivity index (χ1v) is 8.97. The van der Waals surface area contributed by atoms with Crippen LogP contribution in [0.3, 0.4) is 0 Å². The molecule has 3 rings (SSSR count). The Kier molecular flexibility index (Phi) is 5.60. The van der Waals surface area contributed by atoms with Crippen molar-refractivity contribution in [1.29, 1.82) is 0 Å². The minimum atomic E-state index is 0.0446. The molecule has 1 heterocycles. The van der Waals surface area contributed by atoms with Crippen LogP contribution in [0.4, 0.5) is 5.69 Å². The first kappa shape index (κ1) is 18.7. The summed E-state index contributed by atoms with van der Waals surface area (Å²) in [5.41, 5.74) is 4.85. The number of aromatic nitrogens is 2.